The van der Waals surface area contributed by atoms with Gasteiger partial charge in [-0.05, 0) is 50.9 Å². The van der Waals surface area contributed by atoms with Crippen molar-refractivity contribution < 1.29 is 9.90 Å². The Morgan fingerprint density at radius 1 is 1.22 bits per heavy atom. The molecule has 3 nitrogen and oxygen atoms in total. The Hall–Kier alpha value is -0.570. The number of hydrogen-bond acceptors (Lipinski definition) is 2. The SMILES string of the molecule is CC1CCC(=O)N1C1CC(O)CCC12CCCC2. The van der Waals surface area contributed by atoms with Crippen LogP contribution in [0.15, 0.2) is 0 Å². The van der Waals surface area contributed by atoms with E-state index in [0.29, 0.717) is 29.8 Å². The average molecular weight is 251 g/mol. The lowest BCUT2D eigenvalue weighted by Crippen LogP contribution is -2.54. The van der Waals surface area contributed by atoms with Crippen molar-refractivity contribution in [2.45, 2.75) is 82.9 Å². The molecule has 2 saturated carbocycles. The maximum absolute atomic E-state index is 12.2. The third kappa shape index (κ3) is 1.87. The van der Waals surface area contributed by atoms with Crippen molar-refractivity contribution >= 4 is 5.91 Å². The predicted octanol–water partition coefficient (Wildman–Crippen LogP) is 2.47. The summed E-state index contributed by atoms with van der Waals surface area (Å²) in [6, 6.07) is 0.694. The molecule has 102 valence electrons. The van der Waals surface area contributed by atoms with E-state index in [2.05, 4.69) is 11.8 Å². The third-order valence-corrected chi connectivity index (χ3v) is 5.65. The molecule has 1 amide bonds. The van der Waals surface area contributed by atoms with Crippen molar-refractivity contribution in [2.24, 2.45) is 5.41 Å². The fourth-order valence-electron chi connectivity index (χ4n) is 4.64. The quantitative estimate of drug-likeness (QED) is 0.777. The third-order valence-electron chi connectivity index (χ3n) is 5.65. The summed E-state index contributed by atoms with van der Waals surface area (Å²) in [5, 5.41) is 10.0. The highest BCUT2D eigenvalue weighted by Crippen LogP contribution is 2.52. The van der Waals surface area contributed by atoms with E-state index in [-0.39, 0.29) is 6.10 Å². The summed E-state index contributed by atoms with van der Waals surface area (Å²) in [4.78, 5) is 14.3. The number of carbonyl (C=O) groups excluding carboxylic acids is 1. The van der Waals surface area contributed by atoms with Crippen LogP contribution in [0.5, 0.6) is 0 Å². The van der Waals surface area contributed by atoms with Gasteiger partial charge < -0.3 is 10.0 Å². The van der Waals surface area contributed by atoms with Crippen LogP contribution in [0.2, 0.25) is 0 Å². The second-order valence-corrected chi connectivity index (χ2v) is 6.70. The maximum atomic E-state index is 12.2. The van der Waals surface area contributed by atoms with Crippen LogP contribution in [0.3, 0.4) is 0 Å². The van der Waals surface area contributed by atoms with Crippen molar-refractivity contribution in [3.63, 3.8) is 0 Å². The Morgan fingerprint density at radius 2 is 1.94 bits per heavy atom. The van der Waals surface area contributed by atoms with Gasteiger partial charge in [0.2, 0.25) is 5.91 Å². The van der Waals surface area contributed by atoms with Crippen LogP contribution in [-0.4, -0.2) is 34.1 Å². The fourth-order valence-corrected chi connectivity index (χ4v) is 4.64. The summed E-state index contributed by atoms with van der Waals surface area (Å²) in [7, 11) is 0. The maximum Gasteiger partial charge on any atom is 0.223 e. The first-order valence-electron chi connectivity index (χ1n) is 7.62. The first-order chi connectivity index (χ1) is 8.62. The smallest absolute Gasteiger partial charge is 0.223 e. The van der Waals surface area contributed by atoms with E-state index in [1.807, 2.05) is 0 Å². The molecule has 3 aliphatic rings. The van der Waals surface area contributed by atoms with Gasteiger partial charge in [-0.3, -0.25) is 4.79 Å². The molecule has 3 fully saturated rings. The zero-order valence-corrected chi connectivity index (χ0v) is 11.4. The minimum atomic E-state index is -0.193. The Labute approximate surface area is 110 Å². The van der Waals surface area contributed by atoms with Gasteiger partial charge in [0.15, 0.2) is 0 Å². The van der Waals surface area contributed by atoms with Crippen LogP contribution >= 0.6 is 0 Å². The summed E-state index contributed by atoms with van der Waals surface area (Å²) in [6.07, 6.45) is 9.54. The lowest BCUT2D eigenvalue weighted by Gasteiger charge is -2.49. The van der Waals surface area contributed by atoms with Crippen LogP contribution in [0.1, 0.15) is 64.7 Å². The molecule has 18 heavy (non-hydrogen) atoms. The van der Waals surface area contributed by atoms with Crippen LogP contribution < -0.4 is 0 Å². The van der Waals surface area contributed by atoms with E-state index in [1.54, 1.807) is 0 Å². The van der Waals surface area contributed by atoms with Gasteiger partial charge in [0.25, 0.3) is 0 Å². The van der Waals surface area contributed by atoms with Gasteiger partial charge in [0.1, 0.15) is 0 Å². The molecule has 1 heterocycles. The van der Waals surface area contributed by atoms with Crippen LogP contribution in [0.25, 0.3) is 0 Å². The highest BCUT2D eigenvalue weighted by Gasteiger charge is 2.50. The van der Waals surface area contributed by atoms with Crippen molar-refractivity contribution in [1.82, 2.24) is 4.90 Å². The number of likely N-dealkylation sites (tertiary alicyclic amines) is 1. The molecular formula is C15H25NO2. The second kappa shape index (κ2) is 4.52. The van der Waals surface area contributed by atoms with E-state index in [9.17, 15) is 9.90 Å². The fraction of sp³-hybridized carbons (Fsp3) is 0.933. The predicted molar refractivity (Wildman–Crippen MR) is 70.1 cm³/mol. The van der Waals surface area contributed by atoms with Crippen molar-refractivity contribution in [3.05, 3.63) is 0 Å². The standard InChI is InChI=1S/C15H25NO2/c1-11-4-5-14(18)16(11)13-10-12(17)6-9-15(13)7-2-3-8-15/h11-13,17H,2-10H2,1H3. The van der Waals surface area contributed by atoms with Crippen LogP contribution in [0, 0.1) is 5.41 Å². The molecular weight excluding hydrogens is 226 g/mol. The molecule has 1 aliphatic heterocycles. The van der Waals surface area contributed by atoms with Gasteiger partial charge >= 0.3 is 0 Å². The minimum absolute atomic E-state index is 0.193. The lowest BCUT2D eigenvalue weighted by atomic mass is 9.67. The molecule has 0 aromatic carbocycles. The highest BCUT2D eigenvalue weighted by molar-refractivity contribution is 5.79. The van der Waals surface area contributed by atoms with Gasteiger partial charge in [-0.2, -0.15) is 0 Å². The number of rotatable bonds is 1. The summed E-state index contributed by atoms with van der Waals surface area (Å²) in [6.45, 7) is 2.18. The summed E-state index contributed by atoms with van der Waals surface area (Å²) in [5.41, 5.74) is 0.341. The largest absolute Gasteiger partial charge is 0.393 e. The average Bonchev–Trinajstić information content (AvgIpc) is 2.93. The summed E-state index contributed by atoms with van der Waals surface area (Å²) < 4.78 is 0. The summed E-state index contributed by atoms with van der Waals surface area (Å²) in [5.74, 6) is 0.327. The molecule has 2 aliphatic carbocycles. The van der Waals surface area contributed by atoms with E-state index in [4.69, 9.17) is 0 Å². The molecule has 0 aromatic rings. The molecule has 3 heteroatoms. The molecule has 1 N–H and O–H groups in total. The van der Waals surface area contributed by atoms with E-state index >= 15 is 0 Å². The van der Waals surface area contributed by atoms with Gasteiger partial charge in [-0.1, -0.05) is 12.8 Å². The number of hydrogen-bond donors (Lipinski definition) is 1. The number of carbonyl (C=O) groups is 1. The zero-order chi connectivity index (χ0) is 12.8. The molecule has 0 radical (unpaired) electrons. The normalized spacial score (nSPS) is 39.8. The number of aliphatic hydroxyl groups is 1. The lowest BCUT2D eigenvalue weighted by molar-refractivity contribution is -0.137. The molecule has 3 atom stereocenters. The minimum Gasteiger partial charge on any atom is -0.393 e. The molecule has 0 bridgehead atoms. The van der Waals surface area contributed by atoms with Gasteiger partial charge in [0, 0.05) is 18.5 Å². The van der Waals surface area contributed by atoms with Crippen molar-refractivity contribution in [3.8, 4) is 0 Å². The monoisotopic (exact) mass is 251 g/mol. The summed E-state index contributed by atoms with van der Waals surface area (Å²) >= 11 is 0. The molecule has 1 saturated heterocycles. The topological polar surface area (TPSA) is 40.5 Å². The van der Waals surface area contributed by atoms with Crippen LogP contribution in [-0.2, 0) is 4.79 Å². The molecule has 3 rings (SSSR count). The first-order valence-corrected chi connectivity index (χ1v) is 7.62. The van der Waals surface area contributed by atoms with E-state index < -0.39 is 0 Å². The zero-order valence-electron chi connectivity index (χ0n) is 11.4. The molecule has 3 unspecified atom stereocenters. The van der Waals surface area contributed by atoms with Gasteiger partial charge in [-0.15, -0.1) is 0 Å². The number of aliphatic hydroxyl groups excluding tert-OH is 1. The Balaban J connectivity index is 1.87. The van der Waals surface area contributed by atoms with Crippen molar-refractivity contribution in [1.29, 1.82) is 0 Å². The Morgan fingerprint density at radius 3 is 2.56 bits per heavy atom. The number of amides is 1. The Bertz CT molecular complexity index is 335. The first kappa shape index (κ1) is 12.5. The molecule has 1 spiro atoms. The van der Waals surface area contributed by atoms with E-state index in [0.717, 1.165) is 25.7 Å². The van der Waals surface area contributed by atoms with Crippen molar-refractivity contribution in [2.75, 3.05) is 0 Å². The van der Waals surface area contributed by atoms with E-state index in [1.165, 1.54) is 25.7 Å². The van der Waals surface area contributed by atoms with Crippen LogP contribution in [0.4, 0.5) is 0 Å². The molecule has 0 aromatic heterocycles. The van der Waals surface area contributed by atoms with Gasteiger partial charge in [-0.25, -0.2) is 0 Å². The second-order valence-electron chi connectivity index (χ2n) is 6.70. The van der Waals surface area contributed by atoms with Gasteiger partial charge in [0.05, 0.1) is 6.10 Å². The Kier molecular flexibility index (Phi) is 3.13. The number of nitrogens with zero attached hydrogens (tertiary/aromatic N) is 1. The highest BCUT2D eigenvalue weighted by atomic mass is 16.3.